The molecule has 1 aromatic carbocycles. The van der Waals surface area contributed by atoms with Gasteiger partial charge in [-0.05, 0) is 36.8 Å². The number of para-hydroxylation sites is 1. The Labute approximate surface area is 128 Å². The van der Waals surface area contributed by atoms with Gasteiger partial charge in [0.25, 0.3) is 0 Å². The van der Waals surface area contributed by atoms with Crippen molar-refractivity contribution in [3.05, 3.63) is 47.7 Å². The van der Waals surface area contributed by atoms with Crippen LogP contribution in [0.4, 0.5) is 0 Å². The van der Waals surface area contributed by atoms with Crippen molar-refractivity contribution in [2.24, 2.45) is 11.8 Å². The molecule has 0 atom stereocenters. The molecule has 0 aliphatic rings. The van der Waals surface area contributed by atoms with Crippen molar-refractivity contribution in [1.82, 2.24) is 0 Å². The first-order valence-electron chi connectivity index (χ1n) is 7.79. The summed E-state index contributed by atoms with van der Waals surface area (Å²) < 4.78 is 6.19. The van der Waals surface area contributed by atoms with Crippen LogP contribution in [-0.2, 0) is 0 Å². The molecule has 0 radical (unpaired) electrons. The number of rotatable bonds is 5. The number of allylic oxidation sites excluding steroid dienone is 2. The first-order valence-corrected chi connectivity index (χ1v) is 7.79. The minimum absolute atomic E-state index is 0.433. The summed E-state index contributed by atoms with van der Waals surface area (Å²) in [4.78, 5) is 0. The third-order valence-corrected chi connectivity index (χ3v) is 3.83. The molecule has 0 N–H and O–H groups in total. The largest absolute Gasteiger partial charge is 0.456 e. The van der Waals surface area contributed by atoms with Crippen molar-refractivity contribution in [2.45, 2.75) is 41.0 Å². The Bertz CT molecular complexity index is 668. The van der Waals surface area contributed by atoms with Gasteiger partial charge < -0.3 is 4.42 Å². The summed E-state index contributed by atoms with van der Waals surface area (Å²) in [6, 6.07) is 8.20. The number of benzene rings is 1. The van der Waals surface area contributed by atoms with Crippen LogP contribution in [0.15, 0.2) is 40.8 Å². The van der Waals surface area contributed by atoms with E-state index in [0.29, 0.717) is 11.8 Å². The maximum atomic E-state index is 6.19. The number of hydrogen-bond acceptors (Lipinski definition) is 1. The van der Waals surface area contributed by atoms with Crippen molar-refractivity contribution < 1.29 is 4.42 Å². The second-order valence-corrected chi connectivity index (χ2v) is 6.49. The van der Waals surface area contributed by atoms with Crippen LogP contribution in [0.25, 0.3) is 22.6 Å². The molecule has 0 bridgehead atoms. The average molecular weight is 282 g/mol. The monoisotopic (exact) mass is 282 g/mol. The molecular formula is C20H26O. The number of furan rings is 1. The topological polar surface area (TPSA) is 13.1 Å². The molecule has 0 saturated carbocycles. The molecular weight excluding hydrogens is 256 g/mol. The van der Waals surface area contributed by atoms with E-state index in [1.54, 1.807) is 0 Å². The van der Waals surface area contributed by atoms with Gasteiger partial charge in [0.2, 0.25) is 0 Å². The van der Waals surface area contributed by atoms with E-state index in [-0.39, 0.29) is 0 Å². The first kappa shape index (κ1) is 15.6. The average Bonchev–Trinajstić information content (AvgIpc) is 2.75. The molecule has 0 unspecified atom stereocenters. The maximum absolute atomic E-state index is 6.19. The summed E-state index contributed by atoms with van der Waals surface area (Å²) in [5.41, 5.74) is 4.81. The van der Waals surface area contributed by atoms with Crippen molar-refractivity contribution in [3.63, 3.8) is 0 Å². The van der Waals surface area contributed by atoms with Crippen LogP contribution in [0.3, 0.4) is 0 Å². The molecule has 0 saturated heterocycles. The molecule has 112 valence electrons. The zero-order valence-corrected chi connectivity index (χ0v) is 13.9. The predicted octanol–water partition coefficient (Wildman–Crippen LogP) is 6.55. The minimum atomic E-state index is 0.433. The lowest BCUT2D eigenvalue weighted by Gasteiger charge is -2.16. The molecule has 21 heavy (non-hydrogen) atoms. The Morgan fingerprint density at radius 2 is 1.86 bits per heavy atom. The van der Waals surface area contributed by atoms with Crippen molar-refractivity contribution in [3.8, 4) is 0 Å². The van der Waals surface area contributed by atoms with Crippen molar-refractivity contribution in [2.75, 3.05) is 0 Å². The molecule has 0 aliphatic carbocycles. The highest BCUT2D eigenvalue weighted by molar-refractivity contribution is 5.93. The third-order valence-electron chi connectivity index (χ3n) is 3.83. The lowest BCUT2D eigenvalue weighted by atomic mass is 9.89. The number of hydrogen-bond donors (Lipinski definition) is 0. The third kappa shape index (κ3) is 3.12. The summed E-state index contributed by atoms with van der Waals surface area (Å²) in [6.45, 7) is 15.2. The molecule has 1 heteroatoms. The molecule has 1 nitrogen and oxygen atoms in total. The molecule has 0 spiro atoms. The summed E-state index contributed by atoms with van der Waals surface area (Å²) >= 11 is 0. The summed E-state index contributed by atoms with van der Waals surface area (Å²) in [6.07, 6.45) is 3.02. The van der Waals surface area contributed by atoms with Gasteiger partial charge >= 0.3 is 0 Å². The van der Waals surface area contributed by atoms with E-state index in [2.05, 4.69) is 47.3 Å². The van der Waals surface area contributed by atoms with Crippen molar-refractivity contribution in [1.29, 1.82) is 0 Å². The summed E-state index contributed by atoms with van der Waals surface area (Å²) in [5, 5.41) is 1.15. The second-order valence-electron chi connectivity index (χ2n) is 6.49. The Morgan fingerprint density at radius 1 is 1.19 bits per heavy atom. The van der Waals surface area contributed by atoms with Gasteiger partial charge in [-0.3, -0.25) is 0 Å². The van der Waals surface area contributed by atoms with Gasteiger partial charge in [0.1, 0.15) is 11.3 Å². The Hall–Kier alpha value is -1.76. The Kier molecular flexibility index (Phi) is 4.72. The standard InChI is InChI=1S/C20H26O/c1-7-16-17-10-8-9-11-18(17)21-20(16)19(14(4)5)15(6)12-13(2)3/h7-11,13-14H,1,12H2,2-6H3/b19-15-. The van der Waals surface area contributed by atoms with E-state index in [9.17, 15) is 0 Å². The van der Waals surface area contributed by atoms with E-state index in [0.717, 1.165) is 28.7 Å². The molecule has 0 amide bonds. The van der Waals surface area contributed by atoms with Gasteiger partial charge in [-0.15, -0.1) is 0 Å². The van der Waals surface area contributed by atoms with E-state index in [1.165, 1.54) is 11.1 Å². The van der Waals surface area contributed by atoms with Crippen LogP contribution >= 0.6 is 0 Å². The molecule has 1 aromatic heterocycles. The highest BCUT2D eigenvalue weighted by Gasteiger charge is 2.20. The van der Waals surface area contributed by atoms with E-state index in [4.69, 9.17) is 4.42 Å². The smallest absolute Gasteiger partial charge is 0.138 e. The summed E-state index contributed by atoms with van der Waals surface area (Å²) in [5.74, 6) is 2.08. The molecule has 2 rings (SSSR count). The van der Waals surface area contributed by atoms with Gasteiger partial charge in [-0.2, -0.15) is 0 Å². The molecule has 0 aliphatic heterocycles. The van der Waals surface area contributed by atoms with Gasteiger partial charge in [0.15, 0.2) is 0 Å². The van der Waals surface area contributed by atoms with Crippen molar-refractivity contribution >= 4 is 22.6 Å². The zero-order chi connectivity index (χ0) is 15.6. The van der Waals surface area contributed by atoms with Crippen LogP contribution in [-0.4, -0.2) is 0 Å². The summed E-state index contributed by atoms with van der Waals surface area (Å²) in [7, 11) is 0. The van der Waals surface area contributed by atoms with Gasteiger partial charge in [0, 0.05) is 10.9 Å². The van der Waals surface area contributed by atoms with Crippen LogP contribution in [0.2, 0.25) is 0 Å². The van der Waals surface area contributed by atoms with E-state index < -0.39 is 0 Å². The lowest BCUT2D eigenvalue weighted by Crippen LogP contribution is -2.00. The fourth-order valence-corrected chi connectivity index (χ4v) is 3.14. The molecule has 2 aromatic rings. The first-order chi connectivity index (χ1) is 9.95. The van der Waals surface area contributed by atoms with Crippen LogP contribution in [0.1, 0.15) is 52.4 Å². The predicted molar refractivity (Wildman–Crippen MR) is 93.2 cm³/mol. The highest BCUT2D eigenvalue weighted by Crippen LogP contribution is 2.37. The van der Waals surface area contributed by atoms with Crippen LogP contribution in [0.5, 0.6) is 0 Å². The maximum Gasteiger partial charge on any atom is 0.138 e. The SMILES string of the molecule is C=Cc1c(/C(=C(/C)CC(C)C)C(C)C)oc2ccccc12. The Balaban J connectivity index is 2.69. The van der Waals surface area contributed by atoms with Crippen LogP contribution in [0, 0.1) is 11.8 Å². The number of fused-ring (bicyclic) bond motifs is 1. The fraction of sp³-hybridized carbons (Fsp3) is 0.400. The Morgan fingerprint density at radius 3 is 2.43 bits per heavy atom. The van der Waals surface area contributed by atoms with Gasteiger partial charge in [0.05, 0.1) is 0 Å². The molecule has 1 heterocycles. The second kappa shape index (κ2) is 6.34. The molecule has 0 fully saturated rings. The van der Waals surface area contributed by atoms with Gasteiger partial charge in [-0.1, -0.05) is 64.1 Å². The fourth-order valence-electron chi connectivity index (χ4n) is 3.14. The van der Waals surface area contributed by atoms with E-state index >= 15 is 0 Å². The van der Waals surface area contributed by atoms with E-state index in [1.807, 2.05) is 24.3 Å². The highest BCUT2D eigenvalue weighted by atomic mass is 16.3. The lowest BCUT2D eigenvalue weighted by molar-refractivity contribution is 0.581. The van der Waals surface area contributed by atoms with Crippen LogP contribution < -0.4 is 0 Å². The minimum Gasteiger partial charge on any atom is -0.456 e. The van der Waals surface area contributed by atoms with Gasteiger partial charge in [-0.25, -0.2) is 0 Å². The zero-order valence-electron chi connectivity index (χ0n) is 13.9. The normalized spacial score (nSPS) is 13.1. The quantitative estimate of drug-likeness (QED) is 0.606.